The lowest BCUT2D eigenvalue weighted by molar-refractivity contribution is -0.159. The van der Waals surface area contributed by atoms with Gasteiger partial charge in [-0.15, -0.1) is 46.4 Å². The summed E-state index contributed by atoms with van der Waals surface area (Å²) in [6, 6.07) is 0. The van der Waals surface area contributed by atoms with E-state index >= 15 is 0 Å². The Morgan fingerprint density at radius 2 is 1.23 bits per heavy atom. The van der Waals surface area contributed by atoms with Crippen molar-refractivity contribution < 1.29 is 14.3 Å². The van der Waals surface area contributed by atoms with Gasteiger partial charge in [0, 0.05) is 0 Å². The Morgan fingerprint density at radius 1 is 0.923 bits per heavy atom. The SMILES string of the molecule is O=C(CC(Cl)Cl)OC(=O)CC(Cl)Cl. The highest BCUT2D eigenvalue weighted by Gasteiger charge is 2.16. The van der Waals surface area contributed by atoms with Crippen LogP contribution in [0, 0.1) is 0 Å². The summed E-state index contributed by atoms with van der Waals surface area (Å²) in [7, 11) is 0. The molecule has 0 aromatic heterocycles. The van der Waals surface area contributed by atoms with Gasteiger partial charge < -0.3 is 4.74 Å². The Labute approximate surface area is 95.2 Å². The predicted octanol–water partition coefficient (Wildman–Crippen LogP) is 2.44. The van der Waals surface area contributed by atoms with Crippen LogP contribution in [-0.4, -0.2) is 21.6 Å². The van der Waals surface area contributed by atoms with Crippen LogP contribution in [0.3, 0.4) is 0 Å². The van der Waals surface area contributed by atoms with Crippen molar-refractivity contribution >= 4 is 58.3 Å². The first-order chi connectivity index (χ1) is 5.91. The Balaban J connectivity index is 3.72. The fourth-order valence-electron chi connectivity index (χ4n) is 0.462. The zero-order valence-corrected chi connectivity index (χ0v) is 9.33. The van der Waals surface area contributed by atoms with Crippen LogP contribution in [0.1, 0.15) is 12.8 Å². The lowest BCUT2D eigenvalue weighted by atomic mass is 10.4. The number of hydrogen-bond acceptors (Lipinski definition) is 3. The molecule has 76 valence electrons. The molecular formula is C6H6Cl4O3. The molecule has 0 unspecified atom stereocenters. The maximum Gasteiger partial charge on any atom is 0.316 e. The highest BCUT2D eigenvalue weighted by atomic mass is 35.5. The van der Waals surface area contributed by atoms with E-state index in [1.807, 2.05) is 0 Å². The second-order valence-electron chi connectivity index (χ2n) is 2.04. The minimum atomic E-state index is -0.886. The lowest BCUT2D eigenvalue weighted by Crippen LogP contribution is -2.15. The Kier molecular flexibility index (Phi) is 6.86. The van der Waals surface area contributed by atoms with Crippen molar-refractivity contribution in [3.63, 3.8) is 0 Å². The molecule has 0 radical (unpaired) electrons. The largest absolute Gasteiger partial charge is 0.393 e. The molecule has 0 N–H and O–H groups in total. The van der Waals surface area contributed by atoms with Crippen molar-refractivity contribution in [1.29, 1.82) is 0 Å². The van der Waals surface area contributed by atoms with E-state index in [4.69, 9.17) is 46.4 Å². The van der Waals surface area contributed by atoms with Crippen molar-refractivity contribution in [2.24, 2.45) is 0 Å². The molecule has 0 aromatic carbocycles. The average Bonchev–Trinajstić information content (AvgIpc) is 1.80. The van der Waals surface area contributed by atoms with Crippen LogP contribution in [0.4, 0.5) is 0 Å². The van der Waals surface area contributed by atoms with Gasteiger partial charge in [0.2, 0.25) is 0 Å². The maximum absolute atomic E-state index is 10.7. The molecule has 0 rings (SSSR count). The second kappa shape index (κ2) is 6.71. The zero-order chi connectivity index (χ0) is 10.4. The van der Waals surface area contributed by atoms with E-state index in [-0.39, 0.29) is 12.8 Å². The summed E-state index contributed by atoms with van der Waals surface area (Å²) >= 11 is 21.1. The maximum atomic E-state index is 10.7. The molecule has 0 aromatic rings. The highest BCUT2D eigenvalue weighted by molar-refractivity contribution is 6.45. The molecule has 0 aliphatic heterocycles. The highest BCUT2D eigenvalue weighted by Crippen LogP contribution is 2.10. The molecule has 0 saturated heterocycles. The first-order valence-electron chi connectivity index (χ1n) is 3.21. The number of carbonyl (C=O) groups excluding carboxylic acids is 2. The molecule has 0 amide bonds. The molecule has 0 bridgehead atoms. The molecule has 0 saturated carbocycles. The zero-order valence-electron chi connectivity index (χ0n) is 6.31. The van der Waals surface area contributed by atoms with Gasteiger partial charge in [0.1, 0.15) is 9.67 Å². The normalized spacial score (nSPS) is 10.6. The van der Waals surface area contributed by atoms with Crippen LogP contribution in [0.5, 0.6) is 0 Å². The van der Waals surface area contributed by atoms with Crippen molar-refractivity contribution in [1.82, 2.24) is 0 Å². The molecule has 3 nitrogen and oxygen atoms in total. The summed E-state index contributed by atoms with van der Waals surface area (Å²) in [5, 5.41) is 0. The van der Waals surface area contributed by atoms with Crippen LogP contribution in [0.15, 0.2) is 0 Å². The minimum absolute atomic E-state index is 0.246. The molecule has 0 spiro atoms. The first kappa shape index (κ1) is 13.3. The number of hydrogen-bond donors (Lipinski definition) is 0. The van der Waals surface area contributed by atoms with E-state index in [1.165, 1.54) is 0 Å². The topological polar surface area (TPSA) is 43.4 Å². The van der Waals surface area contributed by atoms with Crippen molar-refractivity contribution in [3.05, 3.63) is 0 Å². The quantitative estimate of drug-likeness (QED) is 0.446. The van der Waals surface area contributed by atoms with Crippen LogP contribution in [0.25, 0.3) is 0 Å². The second-order valence-corrected chi connectivity index (χ2v) is 4.59. The Morgan fingerprint density at radius 3 is 1.46 bits per heavy atom. The summed E-state index contributed by atoms with van der Waals surface area (Å²) in [4.78, 5) is 19.7. The van der Waals surface area contributed by atoms with Gasteiger partial charge in [0.05, 0.1) is 12.8 Å². The van der Waals surface area contributed by atoms with Crippen molar-refractivity contribution in [2.75, 3.05) is 0 Å². The van der Waals surface area contributed by atoms with E-state index in [2.05, 4.69) is 4.74 Å². The molecule has 0 heterocycles. The molecule has 0 atom stereocenters. The summed E-state index contributed by atoms with van der Waals surface area (Å²) < 4.78 is 4.26. The number of esters is 2. The fraction of sp³-hybridized carbons (Fsp3) is 0.667. The van der Waals surface area contributed by atoms with Gasteiger partial charge in [0.15, 0.2) is 0 Å². The average molecular weight is 268 g/mol. The van der Waals surface area contributed by atoms with Crippen LogP contribution < -0.4 is 0 Å². The molecule has 0 fully saturated rings. The number of halogens is 4. The summed E-state index contributed by atoms with van der Waals surface area (Å²) in [6.45, 7) is 0. The Hall–Kier alpha value is 0.300. The number of rotatable bonds is 4. The lowest BCUT2D eigenvalue weighted by Gasteiger charge is -2.02. The van der Waals surface area contributed by atoms with Gasteiger partial charge >= 0.3 is 11.9 Å². The van der Waals surface area contributed by atoms with Gasteiger partial charge in [-0.1, -0.05) is 0 Å². The first-order valence-corrected chi connectivity index (χ1v) is 4.96. The molecule has 0 aliphatic rings. The van der Waals surface area contributed by atoms with Gasteiger partial charge in [-0.3, -0.25) is 9.59 Å². The third-order valence-electron chi connectivity index (χ3n) is 0.870. The Bertz CT molecular complexity index is 172. The van der Waals surface area contributed by atoms with Crippen molar-refractivity contribution in [2.45, 2.75) is 22.5 Å². The predicted molar refractivity (Wildman–Crippen MR) is 51.3 cm³/mol. The summed E-state index contributed by atoms with van der Waals surface area (Å²) in [6.07, 6.45) is -0.492. The van der Waals surface area contributed by atoms with Gasteiger partial charge in [0.25, 0.3) is 0 Å². The van der Waals surface area contributed by atoms with Crippen molar-refractivity contribution in [3.8, 4) is 0 Å². The van der Waals surface area contributed by atoms with Crippen LogP contribution in [0.2, 0.25) is 0 Å². The third-order valence-corrected chi connectivity index (χ3v) is 1.49. The van der Waals surface area contributed by atoms with Gasteiger partial charge in [-0.25, -0.2) is 0 Å². The number of carbonyl (C=O) groups is 2. The smallest absolute Gasteiger partial charge is 0.316 e. The van der Waals surface area contributed by atoms with Gasteiger partial charge in [-0.05, 0) is 0 Å². The van der Waals surface area contributed by atoms with E-state index in [9.17, 15) is 9.59 Å². The third kappa shape index (κ3) is 8.63. The molecule has 0 aliphatic carbocycles. The van der Waals surface area contributed by atoms with E-state index in [0.717, 1.165) is 0 Å². The van der Waals surface area contributed by atoms with Crippen LogP contribution in [-0.2, 0) is 14.3 Å². The van der Waals surface area contributed by atoms with E-state index < -0.39 is 21.6 Å². The summed E-state index contributed by atoms with van der Waals surface area (Å²) in [5.74, 6) is -1.59. The van der Waals surface area contributed by atoms with E-state index in [1.54, 1.807) is 0 Å². The minimum Gasteiger partial charge on any atom is -0.393 e. The van der Waals surface area contributed by atoms with Crippen LogP contribution >= 0.6 is 46.4 Å². The monoisotopic (exact) mass is 266 g/mol. The molecular weight excluding hydrogens is 262 g/mol. The number of ether oxygens (including phenoxy) is 1. The molecule has 13 heavy (non-hydrogen) atoms. The van der Waals surface area contributed by atoms with Gasteiger partial charge in [-0.2, -0.15) is 0 Å². The molecule has 7 heteroatoms. The fourth-order valence-corrected chi connectivity index (χ4v) is 0.966. The summed E-state index contributed by atoms with van der Waals surface area (Å²) in [5.41, 5.74) is 0. The van der Waals surface area contributed by atoms with E-state index in [0.29, 0.717) is 0 Å². The number of alkyl halides is 4. The standard InChI is InChI=1S/C6H6Cl4O3/c7-3(8)1-5(11)13-6(12)2-4(9)10/h3-4H,1-2H2.